The highest BCUT2D eigenvalue weighted by Crippen LogP contribution is 2.24. The number of carbonyl (C=O) groups is 1. The van der Waals surface area contributed by atoms with Gasteiger partial charge in [0.25, 0.3) is 5.91 Å². The summed E-state index contributed by atoms with van der Waals surface area (Å²) in [5.41, 5.74) is 8.71. The molecule has 0 unspecified atom stereocenters. The second-order valence-electron chi connectivity index (χ2n) is 6.34. The number of hydrogen-bond acceptors (Lipinski definition) is 4. The van der Waals surface area contributed by atoms with Crippen LogP contribution in [0.4, 0.5) is 11.4 Å². The normalized spacial score (nSPS) is 10.8. The van der Waals surface area contributed by atoms with Gasteiger partial charge in [0.05, 0.1) is 6.26 Å². The van der Waals surface area contributed by atoms with Crippen LogP contribution in [0.1, 0.15) is 30.0 Å². The van der Waals surface area contributed by atoms with Crippen LogP contribution < -0.4 is 10.6 Å². The Morgan fingerprint density at radius 2 is 2.00 bits per heavy atom. The molecule has 23 heavy (non-hydrogen) atoms. The van der Waals surface area contributed by atoms with E-state index >= 15 is 0 Å². The van der Waals surface area contributed by atoms with Crippen molar-refractivity contribution in [2.45, 2.75) is 20.4 Å². The highest BCUT2D eigenvalue weighted by molar-refractivity contribution is 5.91. The van der Waals surface area contributed by atoms with Gasteiger partial charge in [-0.05, 0) is 41.8 Å². The highest BCUT2D eigenvalue weighted by Gasteiger charge is 2.21. The Hall–Kier alpha value is -2.43. The van der Waals surface area contributed by atoms with E-state index < -0.39 is 0 Å². The number of nitrogens with zero attached hydrogens (tertiary/aromatic N) is 2. The van der Waals surface area contributed by atoms with Gasteiger partial charge in [0.2, 0.25) is 0 Å². The molecule has 0 aliphatic heterocycles. The van der Waals surface area contributed by atoms with E-state index in [4.69, 9.17) is 10.2 Å². The minimum Gasteiger partial charge on any atom is -0.459 e. The second-order valence-corrected chi connectivity index (χ2v) is 6.34. The van der Waals surface area contributed by atoms with E-state index in [1.165, 1.54) is 6.26 Å². The van der Waals surface area contributed by atoms with Gasteiger partial charge in [-0.1, -0.05) is 13.8 Å². The molecule has 0 spiro atoms. The predicted molar refractivity (Wildman–Crippen MR) is 93.5 cm³/mol. The van der Waals surface area contributed by atoms with Gasteiger partial charge in [-0.15, -0.1) is 0 Å². The summed E-state index contributed by atoms with van der Waals surface area (Å²) in [6, 6.07) is 9.21. The summed E-state index contributed by atoms with van der Waals surface area (Å²) in [6.07, 6.45) is 1.52. The number of furan rings is 1. The minimum absolute atomic E-state index is 0.101. The monoisotopic (exact) mass is 315 g/mol. The highest BCUT2D eigenvalue weighted by atomic mass is 16.3. The van der Waals surface area contributed by atoms with Gasteiger partial charge >= 0.3 is 0 Å². The van der Waals surface area contributed by atoms with Gasteiger partial charge in [-0.3, -0.25) is 4.79 Å². The maximum absolute atomic E-state index is 12.7. The van der Waals surface area contributed by atoms with Gasteiger partial charge in [0, 0.05) is 38.6 Å². The summed E-state index contributed by atoms with van der Waals surface area (Å²) in [5, 5.41) is 0. The molecule has 2 N–H and O–H groups in total. The molecule has 1 amide bonds. The molecule has 1 heterocycles. The second kappa shape index (κ2) is 7.22. The van der Waals surface area contributed by atoms with Crippen LogP contribution in [0.5, 0.6) is 0 Å². The van der Waals surface area contributed by atoms with Crippen molar-refractivity contribution in [3.05, 3.63) is 47.9 Å². The Morgan fingerprint density at radius 3 is 2.57 bits per heavy atom. The lowest BCUT2D eigenvalue weighted by molar-refractivity contribution is 0.0690. The molecule has 2 rings (SSSR count). The number of hydrogen-bond donors (Lipinski definition) is 1. The SMILES string of the molecule is CC(C)CN(Cc1cc(N)ccc1N(C)C)C(=O)c1ccco1. The van der Waals surface area contributed by atoms with Crippen LogP contribution in [0, 0.1) is 5.92 Å². The first-order valence-corrected chi connectivity index (χ1v) is 7.77. The lowest BCUT2D eigenvalue weighted by Crippen LogP contribution is -2.34. The molecule has 5 heteroatoms. The van der Waals surface area contributed by atoms with Gasteiger partial charge in [0.1, 0.15) is 0 Å². The Balaban J connectivity index is 2.31. The molecule has 1 aromatic carbocycles. The number of benzene rings is 1. The fourth-order valence-corrected chi connectivity index (χ4v) is 2.59. The van der Waals surface area contributed by atoms with E-state index in [1.807, 2.05) is 42.1 Å². The number of rotatable bonds is 6. The standard InChI is InChI=1S/C18H25N3O2/c1-13(2)11-21(18(22)17-6-5-9-23-17)12-14-10-15(19)7-8-16(14)20(3)4/h5-10,13H,11-12,19H2,1-4H3. The predicted octanol–water partition coefficient (Wildman–Crippen LogP) is 3.23. The van der Waals surface area contributed by atoms with Crippen LogP contribution in [-0.4, -0.2) is 31.4 Å². The van der Waals surface area contributed by atoms with Gasteiger partial charge in [0.15, 0.2) is 5.76 Å². The average molecular weight is 315 g/mol. The van der Waals surface area contributed by atoms with Crippen LogP contribution in [0.25, 0.3) is 0 Å². The largest absolute Gasteiger partial charge is 0.459 e. The van der Waals surface area contributed by atoms with Crippen molar-refractivity contribution >= 4 is 17.3 Å². The zero-order valence-corrected chi connectivity index (χ0v) is 14.2. The molecule has 5 nitrogen and oxygen atoms in total. The number of nitrogen functional groups attached to an aromatic ring is 1. The lowest BCUT2D eigenvalue weighted by Gasteiger charge is -2.26. The molecule has 0 radical (unpaired) electrons. The molecule has 1 aromatic heterocycles. The van der Waals surface area contributed by atoms with Crippen LogP contribution in [0.15, 0.2) is 41.0 Å². The molecule has 0 aliphatic rings. The van der Waals surface area contributed by atoms with Crippen molar-refractivity contribution in [1.29, 1.82) is 0 Å². The Kier molecular flexibility index (Phi) is 5.32. The zero-order valence-electron chi connectivity index (χ0n) is 14.2. The maximum atomic E-state index is 12.7. The van der Waals surface area contributed by atoms with Crippen LogP contribution in [0.3, 0.4) is 0 Å². The third-order valence-corrected chi connectivity index (χ3v) is 3.55. The molecule has 0 saturated carbocycles. The number of nitrogens with two attached hydrogens (primary N) is 1. The summed E-state index contributed by atoms with van der Waals surface area (Å²) in [7, 11) is 3.96. The molecule has 2 aromatic rings. The number of carbonyl (C=O) groups excluding carboxylic acids is 1. The van der Waals surface area contributed by atoms with E-state index in [9.17, 15) is 4.79 Å². The van der Waals surface area contributed by atoms with Gasteiger partial charge in [-0.25, -0.2) is 0 Å². The number of anilines is 2. The van der Waals surface area contributed by atoms with E-state index in [1.54, 1.807) is 12.1 Å². The minimum atomic E-state index is -0.101. The Labute approximate surface area is 137 Å². The topological polar surface area (TPSA) is 62.7 Å². The van der Waals surface area contributed by atoms with Crippen molar-refractivity contribution in [3.8, 4) is 0 Å². The van der Waals surface area contributed by atoms with E-state index in [2.05, 4.69) is 13.8 Å². The first-order valence-electron chi connectivity index (χ1n) is 7.77. The molecular formula is C18H25N3O2. The van der Waals surface area contributed by atoms with Crippen LogP contribution >= 0.6 is 0 Å². The summed E-state index contributed by atoms with van der Waals surface area (Å²) in [6.45, 7) is 5.33. The third kappa shape index (κ3) is 4.28. The molecule has 0 atom stereocenters. The van der Waals surface area contributed by atoms with E-state index in [0.717, 1.165) is 11.3 Å². The van der Waals surface area contributed by atoms with Crippen LogP contribution in [0.2, 0.25) is 0 Å². The fraction of sp³-hybridized carbons (Fsp3) is 0.389. The summed E-state index contributed by atoms with van der Waals surface area (Å²) in [4.78, 5) is 16.5. The Morgan fingerprint density at radius 1 is 1.26 bits per heavy atom. The van der Waals surface area contributed by atoms with Gasteiger partial charge < -0.3 is 20.0 Å². The quantitative estimate of drug-likeness (QED) is 0.831. The van der Waals surface area contributed by atoms with Crippen molar-refractivity contribution in [2.24, 2.45) is 5.92 Å². The summed E-state index contributed by atoms with van der Waals surface area (Å²) < 4.78 is 5.27. The van der Waals surface area contributed by atoms with Gasteiger partial charge in [-0.2, -0.15) is 0 Å². The smallest absolute Gasteiger partial charge is 0.289 e. The molecular weight excluding hydrogens is 290 g/mol. The first-order chi connectivity index (χ1) is 10.9. The van der Waals surface area contributed by atoms with Crippen LogP contribution in [-0.2, 0) is 6.54 Å². The zero-order chi connectivity index (χ0) is 17.0. The maximum Gasteiger partial charge on any atom is 0.289 e. The van der Waals surface area contributed by atoms with E-state index in [-0.39, 0.29) is 5.91 Å². The molecule has 0 bridgehead atoms. The summed E-state index contributed by atoms with van der Waals surface area (Å²) in [5.74, 6) is 0.620. The van der Waals surface area contributed by atoms with Crippen molar-refractivity contribution in [2.75, 3.05) is 31.3 Å². The molecule has 0 fully saturated rings. The third-order valence-electron chi connectivity index (χ3n) is 3.55. The summed E-state index contributed by atoms with van der Waals surface area (Å²) >= 11 is 0. The molecule has 124 valence electrons. The van der Waals surface area contributed by atoms with Crippen molar-refractivity contribution < 1.29 is 9.21 Å². The first kappa shape index (κ1) is 16.9. The van der Waals surface area contributed by atoms with Crippen molar-refractivity contribution in [3.63, 3.8) is 0 Å². The van der Waals surface area contributed by atoms with Crippen molar-refractivity contribution in [1.82, 2.24) is 4.90 Å². The fourth-order valence-electron chi connectivity index (χ4n) is 2.59. The number of amides is 1. The molecule has 0 saturated heterocycles. The van der Waals surface area contributed by atoms with E-state index in [0.29, 0.717) is 30.5 Å². The molecule has 0 aliphatic carbocycles. The lowest BCUT2D eigenvalue weighted by atomic mass is 10.1. The average Bonchev–Trinajstić information content (AvgIpc) is 2.99. The Bertz CT molecular complexity index is 648.